The average Bonchev–Trinajstić information content (AvgIpc) is 2.84. The topological polar surface area (TPSA) is 29.1 Å². The van der Waals surface area contributed by atoms with Gasteiger partial charge in [0.05, 0.1) is 0 Å². The van der Waals surface area contributed by atoms with Crippen molar-refractivity contribution in [3.05, 3.63) is 40.4 Å². The van der Waals surface area contributed by atoms with Gasteiger partial charge in [0, 0.05) is 16.6 Å². The molecule has 18 heavy (non-hydrogen) atoms. The molecular formula is C15H18BrNO. The molecule has 0 saturated heterocycles. The molecule has 1 aromatic rings. The third-order valence-electron chi connectivity index (χ3n) is 3.28. The number of anilines is 1. The first-order valence-electron chi connectivity index (χ1n) is 6.44. The molecule has 3 heteroatoms. The van der Waals surface area contributed by atoms with Crippen LogP contribution in [0.15, 0.2) is 34.8 Å². The summed E-state index contributed by atoms with van der Waals surface area (Å²) in [4.78, 5) is 12.0. The molecule has 1 atom stereocenters. The molecule has 0 bridgehead atoms. The molecule has 0 aromatic heterocycles. The van der Waals surface area contributed by atoms with Gasteiger partial charge in [-0.15, -0.1) is 0 Å². The van der Waals surface area contributed by atoms with E-state index in [1.807, 2.05) is 12.1 Å². The lowest BCUT2D eigenvalue weighted by Crippen LogP contribution is -2.15. The molecule has 0 heterocycles. The van der Waals surface area contributed by atoms with Crippen LogP contribution >= 0.6 is 15.9 Å². The molecule has 0 saturated carbocycles. The number of rotatable bonds is 4. The van der Waals surface area contributed by atoms with Crippen molar-refractivity contribution in [2.75, 3.05) is 5.32 Å². The number of carbonyl (C=O) groups excluding carboxylic acids is 1. The molecule has 96 valence electrons. The zero-order valence-corrected chi connectivity index (χ0v) is 12.2. The van der Waals surface area contributed by atoms with Gasteiger partial charge in [0.2, 0.25) is 5.91 Å². The Morgan fingerprint density at radius 3 is 3.00 bits per heavy atom. The molecule has 1 aliphatic rings. The first-order valence-corrected chi connectivity index (χ1v) is 7.23. The van der Waals surface area contributed by atoms with E-state index in [1.54, 1.807) is 0 Å². The summed E-state index contributed by atoms with van der Waals surface area (Å²) < 4.78 is 1.05. The Bertz CT molecular complexity index is 468. The van der Waals surface area contributed by atoms with Crippen LogP contribution in [0.25, 0.3) is 0 Å². The Hall–Kier alpha value is -1.09. The van der Waals surface area contributed by atoms with Crippen molar-refractivity contribution in [2.24, 2.45) is 5.92 Å². The molecule has 1 amide bonds. The highest BCUT2D eigenvalue weighted by molar-refractivity contribution is 9.10. The van der Waals surface area contributed by atoms with Crippen molar-refractivity contribution in [1.82, 2.24) is 0 Å². The molecule has 2 nitrogen and oxygen atoms in total. The Morgan fingerprint density at radius 1 is 1.50 bits per heavy atom. The Labute approximate surface area is 117 Å². The number of hydrogen-bond acceptors (Lipinski definition) is 1. The second-order valence-corrected chi connectivity index (χ2v) is 5.59. The molecule has 1 aliphatic carbocycles. The molecule has 1 unspecified atom stereocenters. The molecule has 2 rings (SSSR count). The third kappa shape index (κ3) is 3.45. The van der Waals surface area contributed by atoms with E-state index >= 15 is 0 Å². The monoisotopic (exact) mass is 307 g/mol. The quantitative estimate of drug-likeness (QED) is 0.825. The van der Waals surface area contributed by atoms with Crippen LogP contribution in [0.2, 0.25) is 0 Å². The lowest BCUT2D eigenvalue weighted by molar-refractivity contribution is -0.116. The number of aryl methyl sites for hydroxylation is 1. The second kappa shape index (κ2) is 6.19. The number of hydrogen-bond donors (Lipinski definition) is 1. The van der Waals surface area contributed by atoms with E-state index in [0.717, 1.165) is 29.4 Å². The minimum absolute atomic E-state index is 0.114. The number of nitrogens with one attached hydrogen (secondary N) is 1. The minimum atomic E-state index is 0.114. The van der Waals surface area contributed by atoms with Crippen LogP contribution < -0.4 is 5.32 Å². The summed E-state index contributed by atoms with van der Waals surface area (Å²) in [7, 11) is 0. The molecule has 0 radical (unpaired) electrons. The van der Waals surface area contributed by atoms with Crippen molar-refractivity contribution in [3.8, 4) is 0 Å². The molecule has 0 aliphatic heterocycles. The van der Waals surface area contributed by atoms with Crippen LogP contribution in [0.5, 0.6) is 0 Å². The van der Waals surface area contributed by atoms with E-state index in [9.17, 15) is 4.79 Å². The summed E-state index contributed by atoms with van der Waals surface area (Å²) in [5, 5.41) is 3.02. The van der Waals surface area contributed by atoms with E-state index in [1.165, 1.54) is 5.56 Å². The zero-order valence-electron chi connectivity index (χ0n) is 10.6. The van der Waals surface area contributed by atoms with Gasteiger partial charge < -0.3 is 5.32 Å². The van der Waals surface area contributed by atoms with Crippen molar-refractivity contribution in [1.29, 1.82) is 0 Å². The maximum absolute atomic E-state index is 12.0. The third-order valence-corrected chi connectivity index (χ3v) is 3.78. The van der Waals surface area contributed by atoms with Gasteiger partial charge in [-0.3, -0.25) is 4.79 Å². The molecule has 1 aromatic carbocycles. The maximum atomic E-state index is 12.0. The molecular weight excluding hydrogens is 290 g/mol. The highest BCUT2D eigenvalue weighted by atomic mass is 79.9. The van der Waals surface area contributed by atoms with Crippen molar-refractivity contribution < 1.29 is 4.79 Å². The molecule has 1 N–H and O–H groups in total. The number of amides is 1. The average molecular weight is 308 g/mol. The summed E-state index contributed by atoms with van der Waals surface area (Å²) in [6, 6.07) is 5.99. The summed E-state index contributed by atoms with van der Waals surface area (Å²) in [6.07, 6.45) is 8.04. The van der Waals surface area contributed by atoms with Gasteiger partial charge in [-0.05, 0) is 48.9 Å². The number of benzene rings is 1. The van der Waals surface area contributed by atoms with E-state index in [2.05, 4.69) is 46.4 Å². The number of carbonyl (C=O) groups is 1. The van der Waals surface area contributed by atoms with Crippen LogP contribution in [0.1, 0.15) is 31.7 Å². The van der Waals surface area contributed by atoms with Gasteiger partial charge in [-0.2, -0.15) is 0 Å². The van der Waals surface area contributed by atoms with E-state index in [0.29, 0.717) is 12.3 Å². The van der Waals surface area contributed by atoms with Crippen molar-refractivity contribution >= 4 is 27.5 Å². The SMILES string of the molecule is CCc1cc(Br)ccc1NC(=O)CC1C=CCC1. The van der Waals surface area contributed by atoms with Crippen LogP contribution in [0.4, 0.5) is 5.69 Å². The maximum Gasteiger partial charge on any atom is 0.224 e. The Kier molecular flexibility index (Phi) is 4.59. The zero-order chi connectivity index (χ0) is 13.0. The normalized spacial score (nSPS) is 18.0. The van der Waals surface area contributed by atoms with Crippen LogP contribution in [0.3, 0.4) is 0 Å². The predicted octanol–water partition coefficient (Wildman–Crippen LogP) is 4.31. The lowest BCUT2D eigenvalue weighted by atomic mass is 10.0. The number of allylic oxidation sites excluding steroid dienone is 2. The molecule has 0 fully saturated rings. The standard InChI is InChI=1S/C15H18BrNO/c1-2-12-10-13(16)7-8-14(12)17-15(18)9-11-5-3-4-6-11/h3,5,7-8,10-11H,2,4,6,9H2,1H3,(H,17,18). The van der Waals surface area contributed by atoms with Crippen molar-refractivity contribution in [2.45, 2.75) is 32.6 Å². The van der Waals surface area contributed by atoms with E-state index in [4.69, 9.17) is 0 Å². The highest BCUT2D eigenvalue weighted by Crippen LogP contribution is 2.24. The van der Waals surface area contributed by atoms with Gasteiger partial charge in [0.25, 0.3) is 0 Å². The molecule has 0 spiro atoms. The minimum Gasteiger partial charge on any atom is -0.326 e. The van der Waals surface area contributed by atoms with Crippen LogP contribution in [0, 0.1) is 5.92 Å². The fourth-order valence-electron chi connectivity index (χ4n) is 2.28. The lowest BCUT2D eigenvalue weighted by Gasteiger charge is -2.12. The van der Waals surface area contributed by atoms with Crippen LogP contribution in [-0.4, -0.2) is 5.91 Å². The highest BCUT2D eigenvalue weighted by Gasteiger charge is 2.14. The Balaban J connectivity index is 1.99. The summed E-state index contributed by atoms with van der Waals surface area (Å²) >= 11 is 3.45. The van der Waals surface area contributed by atoms with Gasteiger partial charge >= 0.3 is 0 Å². The first-order chi connectivity index (χ1) is 8.69. The Morgan fingerprint density at radius 2 is 2.33 bits per heavy atom. The second-order valence-electron chi connectivity index (χ2n) is 4.67. The van der Waals surface area contributed by atoms with Crippen molar-refractivity contribution in [3.63, 3.8) is 0 Å². The smallest absolute Gasteiger partial charge is 0.224 e. The van der Waals surface area contributed by atoms with Gasteiger partial charge in [-0.1, -0.05) is 35.0 Å². The summed E-state index contributed by atoms with van der Waals surface area (Å²) in [5.41, 5.74) is 2.10. The van der Waals surface area contributed by atoms with E-state index in [-0.39, 0.29) is 5.91 Å². The van der Waals surface area contributed by atoms with Gasteiger partial charge in [0.15, 0.2) is 0 Å². The fraction of sp³-hybridized carbons (Fsp3) is 0.400. The van der Waals surface area contributed by atoms with Crippen LogP contribution in [-0.2, 0) is 11.2 Å². The predicted molar refractivity (Wildman–Crippen MR) is 78.6 cm³/mol. The first kappa shape index (κ1) is 13.3. The van der Waals surface area contributed by atoms with E-state index < -0.39 is 0 Å². The summed E-state index contributed by atoms with van der Waals surface area (Å²) in [6.45, 7) is 2.09. The van der Waals surface area contributed by atoms with Gasteiger partial charge in [-0.25, -0.2) is 0 Å². The summed E-state index contributed by atoms with van der Waals surface area (Å²) in [5.74, 6) is 0.536. The van der Waals surface area contributed by atoms with Gasteiger partial charge in [0.1, 0.15) is 0 Å². The number of halogens is 1. The fourth-order valence-corrected chi connectivity index (χ4v) is 2.69. The largest absolute Gasteiger partial charge is 0.326 e.